The van der Waals surface area contributed by atoms with Gasteiger partial charge in [0.25, 0.3) is 0 Å². The predicted octanol–water partition coefficient (Wildman–Crippen LogP) is 17.8. The van der Waals surface area contributed by atoms with Crippen molar-refractivity contribution in [3.63, 3.8) is 0 Å². The Hall–Kier alpha value is -4.15. The summed E-state index contributed by atoms with van der Waals surface area (Å²) in [4.78, 5) is 56.0. The Morgan fingerprint density at radius 1 is 0.244 bits per heavy atom. The molecule has 15 heteroatoms. The number of rotatable bonds is 58. The summed E-state index contributed by atoms with van der Waals surface area (Å²) in [5.41, 5.74) is 0. The minimum absolute atomic E-state index is 0.0991. The van der Waals surface area contributed by atoms with Crippen molar-refractivity contribution < 1.29 is 71.3 Å². The normalized spacial score (nSPS) is 10.7. The molecule has 0 spiro atoms. The Morgan fingerprint density at radius 3 is 0.593 bits per heavy atom. The monoisotopic (exact) mass is 1220 g/mol. The van der Waals surface area contributed by atoms with Crippen LogP contribution < -0.4 is 0 Å². The molecule has 0 aromatic rings. The fraction of sp³-hybridized carbons (Fsp3) is 0.789. The van der Waals surface area contributed by atoms with Crippen molar-refractivity contribution in [2.45, 2.75) is 265 Å². The quantitative estimate of drug-likeness (QED) is 0.0243. The first-order chi connectivity index (χ1) is 42.0. The Balaban J connectivity index is -0.000000318. The van der Waals surface area contributed by atoms with E-state index in [4.69, 9.17) is 47.4 Å². The number of methoxy groups -OCH3 is 5. The molecule has 0 unspecified atom stereocenters. The number of allylic oxidation sites excluding steroid dienone is 8. The molecule has 0 saturated carbocycles. The highest BCUT2D eigenvalue weighted by atomic mass is 16.6. The van der Waals surface area contributed by atoms with Crippen molar-refractivity contribution in [2.75, 3.05) is 102 Å². The van der Waals surface area contributed by atoms with E-state index in [1.54, 1.807) is 35.5 Å². The molecule has 0 aromatic carbocycles. The zero-order valence-corrected chi connectivity index (χ0v) is 56.6. The molecule has 0 rings (SSSR count). The van der Waals surface area contributed by atoms with E-state index in [0.29, 0.717) is 98.2 Å². The number of ether oxygens (including phenoxy) is 10. The molecule has 0 amide bonds. The largest absolute Gasteiger partial charge is 0.463 e. The van der Waals surface area contributed by atoms with E-state index < -0.39 is 0 Å². The summed E-state index contributed by atoms with van der Waals surface area (Å²) >= 11 is 0. The van der Waals surface area contributed by atoms with Crippen LogP contribution in [0, 0.1) is 0 Å². The van der Waals surface area contributed by atoms with Gasteiger partial charge in [-0.25, -0.2) is 0 Å². The lowest BCUT2D eigenvalue weighted by Crippen LogP contribution is -2.09. The highest BCUT2D eigenvalue weighted by Crippen LogP contribution is 2.12. The predicted molar refractivity (Wildman–Crippen MR) is 354 cm³/mol. The Labute approximate surface area is 527 Å². The van der Waals surface area contributed by atoms with Crippen LogP contribution in [0.1, 0.15) is 265 Å². The summed E-state index contributed by atoms with van der Waals surface area (Å²) in [6.07, 6.45) is 57.9. The van der Waals surface area contributed by atoms with Gasteiger partial charge in [0.15, 0.2) is 0 Å². The maximum Gasteiger partial charge on any atom is 0.305 e. The van der Waals surface area contributed by atoms with Gasteiger partial charge in [0.05, 0.1) is 33.0 Å². The Kier molecular flexibility index (Phi) is 91.9. The van der Waals surface area contributed by atoms with Crippen LogP contribution in [-0.4, -0.2) is 131 Å². The second-order valence-corrected chi connectivity index (χ2v) is 20.8. The molecule has 506 valence electrons. The molecule has 0 fully saturated rings. The molecule has 86 heavy (non-hydrogen) atoms. The number of carbonyl (C=O) groups is 5. The lowest BCUT2D eigenvalue weighted by atomic mass is 10.1. The van der Waals surface area contributed by atoms with Crippen molar-refractivity contribution in [2.24, 2.45) is 0 Å². The van der Waals surface area contributed by atoms with Crippen molar-refractivity contribution in [3.8, 4) is 0 Å². The number of hydrogen-bond donors (Lipinski definition) is 0. The van der Waals surface area contributed by atoms with E-state index >= 15 is 0 Å². The first-order valence-corrected chi connectivity index (χ1v) is 33.4. The lowest BCUT2D eigenvalue weighted by Gasteiger charge is -2.03. The zero-order chi connectivity index (χ0) is 64.6. The van der Waals surface area contributed by atoms with Crippen LogP contribution >= 0.6 is 0 Å². The Bertz CT molecular complexity index is 1350. The van der Waals surface area contributed by atoms with Gasteiger partial charge in [-0.2, -0.15) is 0 Å². The van der Waals surface area contributed by atoms with Crippen LogP contribution in [-0.2, 0) is 71.3 Å². The minimum atomic E-state index is -0.108. The van der Waals surface area contributed by atoms with E-state index in [1.807, 2.05) is 12.2 Å². The molecule has 0 heterocycles. The van der Waals surface area contributed by atoms with Crippen LogP contribution in [0.5, 0.6) is 0 Å². The molecule has 0 aliphatic heterocycles. The van der Waals surface area contributed by atoms with Crippen LogP contribution in [0.15, 0.2) is 61.8 Å². The molecule has 0 aliphatic carbocycles. The lowest BCUT2D eigenvalue weighted by molar-refractivity contribution is -0.145. The summed E-state index contributed by atoms with van der Waals surface area (Å²) in [5.74, 6) is -0.514. The van der Waals surface area contributed by atoms with E-state index in [1.165, 1.54) is 116 Å². The fourth-order valence-corrected chi connectivity index (χ4v) is 7.77. The van der Waals surface area contributed by atoms with Crippen LogP contribution in [0.25, 0.3) is 0 Å². The third-order valence-corrected chi connectivity index (χ3v) is 12.8. The molecule has 0 saturated heterocycles. The number of carbonyl (C=O) groups excluding carboxylic acids is 5. The molecular formula is C71H132O15. The average molecular weight is 1230 g/mol. The van der Waals surface area contributed by atoms with Crippen LogP contribution in [0.4, 0.5) is 0 Å². The van der Waals surface area contributed by atoms with Gasteiger partial charge in [0, 0.05) is 67.7 Å². The van der Waals surface area contributed by atoms with Gasteiger partial charge in [-0.1, -0.05) is 166 Å². The zero-order valence-electron chi connectivity index (χ0n) is 56.6. The molecule has 0 atom stereocenters. The second-order valence-electron chi connectivity index (χ2n) is 20.8. The van der Waals surface area contributed by atoms with Crippen molar-refractivity contribution in [3.05, 3.63) is 61.8 Å². The van der Waals surface area contributed by atoms with Gasteiger partial charge in [0.2, 0.25) is 0 Å². The summed E-state index contributed by atoms with van der Waals surface area (Å²) in [6.45, 7) is 18.1. The van der Waals surface area contributed by atoms with Crippen molar-refractivity contribution >= 4 is 29.8 Å². The average Bonchev–Trinajstić information content (AvgIpc) is 3.50. The Morgan fingerprint density at radius 2 is 0.419 bits per heavy atom. The minimum Gasteiger partial charge on any atom is -0.463 e. The van der Waals surface area contributed by atoms with Gasteiger partial charge >= 0.3 is 29.8 Å². The van der Waals surface area contributed by atoms with Gasteiger partial charge in [-0.15, -0.1) is 13.2 Å². The summed E-state index contributed by atoms with van der Waals surface area (Å²) in [6, 6.07) is 0. The van der Waals surface area contributed by atoms with Gasteiger partial charge in [-0.05, 0) is 116 Å². The van der Waals surface area contributed by atoms with Crippen LogP contribution in [0.3, 0.4) is 0 Å². The van der Waals surface area contributed by atoms with E-state index in [0.717, 1.165) is 96.3 Å². The highest BCUT2D eigenvalue weighted by molar-refractivity contribution is 5.70. The van der Waals surface area contributed by atoms with Gasteiger partial charge in [0.1, 0.15) is 33.0 Å². The van der Waals surface area contributed by atoms with Gasteiger partial charge < -0.3 is 47.4 Å². The second kappa shape index (κ2) is 87.3. The first-order valence-electron chi connectivity index (χ1n) is 33.4. The maximum absolute atomic E-state index is 11.2. The standard InChI is InChI=1S/3C15H28O3.2C13H24O3/c3*1-3-4-5-6-7-8-9-10-11-12-15(16)18-14-13-17-2;2*1-3-4-5-6-7-8-9-10-13(14)16-12-11-15-2/h3*4-5H,3,6-14H2,1-2H3;2*3H,1,4-12H2,2H3/b3*5-4+;;. The summed E-state index contributed by atoms with van der Waals surface area (Å²) in [5, 5.41) is 0. The fourth-order valence-electron chi connectivity index (χ4n) is 7.77. The number of hydrogen-bond acceptors (Lipinski definition) is 15. The number of esters is 5. The smallest absolute Gasteiger partial charge is 0.305 e. The summed E-state index contributed by atoms with van der Waals surface area (Å²) in [7, 11) is 7.99. The molecule has 0 radical (unpaired) electrons. The third kappa shape index (κ3) is 96.2. The highest BCUT2D eigenvalue weighted by Gasteiger charge is 2.06. The molecule has 0 aromatic heterocycles. The number of unbranched alkanes of at least 4 members (excludes halogenated alkanes) is 25. The molecule has 0 N–H and O–H groups in total. The van der Waals surface area contributed by atoms with E-state index in [9.17, 15) is 24.0 Å². The van der Waals surface area contributed by atoms with Crippen molar-refractivity contribution in [1.29, 1.82) is 0 Å². The first kappa shape index (κ1) is 90.6. The summed E-state index contributed by atoms with van der Waals surface area (Å²) < 4.78 is 48.8. The maximum atomic E-state index is 11.2. The molecule has 0 aliphatic rings. The van der Waals surface area contributed by atoms with E-state index in [-0.39, 0.29) is 29.8 Å². The molecule has 15 nitrogen and oxygen atoms in total. The van der Waals surface area contributed by atoms with E-state index in [2.05, 4.69) is 70.4 Å². The molecular weight excluding hydrogens is 1090 g/mol. The molecule has 0 bridgehead atoms. The SMILES string of the molecule is C=CCCCCCCCC(=O)OCCOC.C=CCCCCCCCC(=O)OCCOC.CC/C=C/CCCCCCCC(=O)OCCOC.CC/C=C/CCCCCCCC(=O)OCCOC.CC/C=C/CCCCCCCC(=O)OCCOC. The van der Waals surface area contributed by atoms with Gasteiger partial charge in [-0.3, -0.25) is 24.0 Å². The van der Waals surface area contributed by atoms with Crippen molar-refractivity contribution in [1.82, 2.24) is 0 Å². The third-order valence-electron chi connectivity index (χ3n) is 12.8. The van der Waals surface area contributed by atoms with Crippen LogP contribution in [0.2, 0.25) is 0 Å². The topological polar surface area (TPSA) is 178 Å².